The summed E-state index contributed by atoms with van der Waals surface area (Å²) in [5.74, 6) is -2.41. The van der Waals surface area contributed by atoms with Crippen LogP contribution < -0.4 is 0 Å². The molecule has 4 aromatic carbocycles. The van der Waals surface area contributed by atoms with E-state index in [1.54, 1.807) is 0 Å². The number of phenolic OH excluding ortho intramolecular Hbond substituents is 1. The van der Waals surface area contributed by atoms with Crippen LogP contribution in [0.15, 0.2) is 118 Å². The van der Waals surface area contributed by atoms with Crippen LogP contribution in [0.2, 0.25) is 0 Å². The number of benzene rings is 4. The van der Waals surface area contributed by atoms with E-state index in [-0.39, 0.29) is 35.2 Å². The minimum Gasteiger partial charge on any atom is -0.507 e. The van der Waals surface area contributed by atoms with E-state index in [0.29, 0.717) is 0 Å². The van der Waals surface area contributed by atoms with Crippen LogP contribution in [0.1, 0.15) is 21.5 Å². The highest BCUT2D eigenvalue weighted by Gasteiger charge is 2.66. The van der Waals surface area contributed by atoms with Crippen molar-refractivity contribution >= 4 is 27.0 Å². The second-order valence-electron chi connectivity index (χ2n) is 9.62. The summed E-state index contributed by atoms with van der Waals surface area (Å²) in [6.45, 7) is -0.624. The van der Waals surface area contributed by atoms with Crippen LogP contribution in [0.25, 0.3) is 0 Å². The van der Waals surface area contributed by atoms with E-state index in [2.05, 4.69) is 95.7 Å². The third-order valence-electron chi connectivity index (χ3n) is 6.21. The molecule has 0 aliphatic rings. The molecule has 0 radical (unpaired) electrons. The summed E-state index contributed by atoms with van der Waals surface area (Å²) in [6, 6.07) is 33.8. The summed E-state index contributed by atoms with van der Waals surface area (Å²) in [6.07, 6.45) is -10.5. The number of methoxy groups -OCH3 is 2. The monoisotopic (exact) mass is 701 g/mol. The summed E-state index contributed by atoms with van der Waals surface area (Å²) in [5.41, 5.74) is -0.930. The Balaban J connectivity index is 0.000000272. The summed E-state index contributed by atoms with van der Waals surface area (Å²) >= 11 is 0. The fraction of sp³-hybridized carbons (Fsp3) is 0.219. The lowest BCUT2D eigenvalue weighted by atomic mass is 10.0. The topological polar surface area (TPSA) is 119 Å². The number of aromatic hydroxyl groups is 1. The number of halogens is 5. The van der Waals surface area contributed by atoms with E-state index >= 15 is 0 Å². The van der Waals surface area contributed by atoms with Crippen molar-refractivity contribution in [2.75, 3.05) is 14.2 Å². The third-order valence-corrected chi connectivity index (χ3v) is 9.34. The minimum absolute atomic E-state index is 0.0146. The predicted molar refractivity (Wildman–Crippen MR) is 163 cm³/mol. The molecule has 0 aliphatic carbocycles. The maximum absolute atomic E-state index is 13.5. The fourth-order valence-electron chi connectivity index (χ4n) is 4.12. The van der Waals surface area contributed by atoms with Gasteiger partial charge in [0.25, 0.3) is 6.10 Å². The zero-order chi connectivity index (χ0) is 34.8. The molecule has 47 heavy (non-hydrogen) atoms. The zero-order valence-electron chi connectivity index (χ0n) is 24.9. The molecule has 4 rings (SSSR count). The van der Waals surface area contributed by atoms with Crippen LogP contribution in [-0.4, -0.2) is 55.8 Å². The number of alkyl halides is 5. The molecule has 0 fully saturated rings. The van der Waals surface area contributed by atoms with Gasteiger partial charge < -0.3 is 19.3 Å². The first-order chi connectivity index (χ1) is 22.1. The number of rotatable bonds is 11. The van der Waals surface area contributed by atoms with Crippen molar-refractivity contribution in [2.24, 2.45) is 0 Å². The highest BCUT2D eigenvalue weighted by atomic mass is 32.2. The fourth-order valence-corrected chi connectivity index (χ4v) is 6.68. The largest absolute Gasteiger partial charge is 0.507 e. The number of ether oxygens (including phenoxy) is 3. The van der Waals surface area contributed by atoms with Gasteiger partial charge >= 0.3 is 27.5 Å². The quantitative estimate of drug-likeness (QED) is 0.0741. The molecular formula is C32H30F5O8S2+. The van der Waals surface area contributed by atoms with Crippen LogP contribution in [0.5, 0.6) is 5.75 Å². The highest BCUT2D eigenvalue weighted by Crippen LogP contribution is 2.39. The van der Waals surface area contributed by atoms with E-state index < -0.39 is 44.9 Å². The standard InChI is InChI=1S/C18H15S.C14H15F5O8S/c1-4-10-16(11-5-1)19(17-12-6-2-7-13-17)18-14-8-3-9-15-18;1-25-5-8-3-7(4-9(6-26-2)10(8)20)11(21)27-12(13(15,16)17)14(18,19)28(22,23)24/h1-15H;3-4,12,20H,5-6H2,1-2H3,(H,22,23,24)/q+1;. The van der Waals surface area contributed by atoms with Gasteiger partial charge in [0.1, 0.15) is 5.75 Å². The molecule has 8 nitrogen and oxygen atoms in total. The van der Waals surface area contributed by atoms with Crippen LogP contribution in [0, 0.1) is 0 Å². The second-order valence-corrected chi connectivity index (χ2v) is 13.1. The van der Waals surface area contributed by atoms with Crippen LogP contribution in [0.4, 0.5) is 22.0 Å². The Labute approximate surface area is 270 Å². The van der Waals surface area contributed by atoms with Crippen molar-refractivity contribution in [1.82, 2.24) is 0 Å². The Bertz CT molecular complexity index is 1590. The Kier molecular flexibility index (Phi) is 12.9. The number of phenols is 1. The third kappa shape index (κ3) is 9.74. The molecular weight excluding hydrogens is 671 g/mol. The lowest BCUT2D eigenvalue weighted by Gasteiger charge is -2.26. The van der Waals surface area contributed by atoms with E-state index in [1.807, 2.05) is 0 Å². The van der Waals surface area contributed by atoms with Gasteiger partial charge in [-0.25, -0.2) is 4.79 Å². The van der Waals surface area contributed by atoms with Gasteiger partial charge in [0.05, 0.1) is 29.7 Å². The van der Waals surface area contributed by atoms with Gasteiger partial charge in [-0.2, -0.15) is 30.4 Å². The zero-order valence-corrected chi connectivity index (χ0v) is 26.5. The molecule has 0 saturated carbocycles. The summed E-state index contributed by atoms with van der Waals surface area (Å²) in [4.78, 5) is 16.1. The SMILES string of the molecule is COCc1cc(C(=O)OC(C(F)(F)F)C(F)(F)S(=O)(=O)O)cc(COC)c1O.c1ccc([S+](c2ccccc2)c2ccccc2)cc1. The number of hydrogen-bond acceptors (Lipinski definition) is 7. The molecule has 1 atom stereocenters. The Morgan fingerprint density at radius 2 is 1.11 bits per heavy atom. The number of esters is 1. The van der Waals surface area contributed by atoms with Crippen molar-refractivity contribution in [3.63, 3.8) is 0 Å². The molecule has 4 aromatic rings. The molecule has 0 aliphatic heterocycles. The summed E-state index contributed by atoms with van der Waals surface area (Å²) < 4.78 is 108. The number of carbonyl (C=O) groups is 1. The molecule has 0 heterocycles. The molecule has 0 spiro atoms. The van der Waals surface area contributed by atoms with Crippen LogP contribution in [-0.2, 0) is 48.4 Å². The smallest absolute Gasteiger partial charge is 0.432 e. The average molecular weight is 702 g/mol. The maximum Gasteiger partial charge on any atom is 0.432 e. The summed E-state index contributed by atoms with van der Waals surface area (Å²) in [7, 11) is -4.18. The van der Waals surface area contributed by atoms with Crippen molar-refractivity contribution in [2.45, 2.75) is 45.4 Å². The van der Waals surface area contributed by atoms with Gasteiger partial charge in [-0.05, 0) is 48.5 Å². The van der Waals surface area contributed by atoms with Gasteiger partial charge in [0, 0.05) is 25.3 Å². The Morgan fingerprint density at radius 3 is 1.40 bits per heavy atom. The van der Waals surface area contributed by atoms with E-state index in [4.69, 9.17) is 14.0 Å². The number of carbonyl (C=O) groups excluding carboxylic acids is 1. The van der Waals surface area contributed by atoms with Crippen LogP contribution in [0.3, 0.4) is 0 Å². The lowest BCUT2D eigenvalue weighted by molar-refractivity contribution is -0.248. The maximum atomic E-state index is 13.5. The van der Waals surface area contributed by atoms with Gasteiger partial charge in [-0.15, -0.1) is 0 Å². The average Bonchev–Trinajstić information content (AvgIpc) is 3.02. The summed E-state index contributed by atoms with van der Waals surface area (Å²) in [5, 5.41) is 4.12. The highest BCUT2D eigenvalue weighted by molar-refractivity contribution is 7.97. The Morgan fingerprint density at radius 1 is 0.745 bits per heavy atom. The molecule has 0 amide bonds. The molecule has 1 unspecified atom stereocenters. The van der Waals surface area contributed by atoms with Crippen molar-refractivity contribution in [3.8, 4) is 5.75 Å². The minimum atomic E-state index is -6.56. The van der Waals surface area contributed by atoms with E-state index in [0.717, 1.165) is 12.1 Å². The normalized spacial score (nSPS) is 12.6. The van der Waals surface area contributed by atoms with Crippen LogP contribution >= 0.6 is 0 Å². The molecule has 252 valence electrons. The lowest BCUT2D eigenvalue weighted by Crippen LogP contribution is -2.52. The van der Waals surface area contributed by atoms with Gasteiger partial charge in [-0.1, -0.05) is 54.6 Å². The first-order valence-electron chi connectivity index (χ1n) is 13.5. The number of hydrogen-bond donors (Lipinski definition) is 2. The molecule has 15 heteroatoms. The van der Waals surface area contributed by atoms with Gasteiger partial charge in [0.2, 0.25) is 0 Å². The predicted octanol–water partition coefficient (Wildman–Crippen LogP) is 7.04. The van der Waals surface area contributed by atoms with Crippen molar-refractivity contribution in [3.05, 3.63) is 120 Å². The first-order valence-corrected chi connectivity index (χ1v) is 16.1. The van der Waals surface area contributed by atoms with Crippen molar-refractivity contribution in [1.29, 1.82) is 0 Å². The molecule has 0 aromatic heterocycles. The van der Waals surface area contributed by atoms with Gasteiger partial charge in [0.15, 0.2) is 14.7 Å². The first kappa shape index (κ1) is 37.4. The molecule has 2 N–H and O–H groups in total. The second kappa shape index (κ2) is 16.2. The molecule has 0 saturated heterocycles. The molecule has 0 bridgehead atoms. The van der Waals surface area contributed by atoms with E-state index in [9.17, 15) is 40.3 Å². The Hall–Kier alpha value is -4.02. The van der Waals surface area contributed by atoms with Crippen molar-refractivity contribution < 1.29 is 59.0 Å². The van der Waals surface area contributed by atoms with E-state index in [1.165, 1.54) is 28.9 Å². The van der Waals surface area contributed by atoms with Gasteiger partial charge in [-0.3, -0.25) is 4.55 Å².